The number of aromatic nitrogens is 3. The number of aliphatic hydroxyl groups is 1. The van der Waals surface area contributed by atoms with Crippen LogP contribution in [0.2, 0.25) is 0 Å². The first-order valence-corrected chi connectivity index (χ1v) is 11.9. The molecule has 1 atom stereocenters. The molecule has 0 saturated heterocycles. The quantitative estimate of drug-likeness (QED) is 0.406. The van der Waals surface area contributed by atoms with Crippen LogP contribution in [-0.2, 0) is 18.3 Å². The second kappa shape index (κ2) is 10.8. The first-order valence-electron chi connectivity index (χ1n) is 11.9. The predicted octanol–water partition coefficient (Wildman–Crippen LogP) is 4.99. The second-order valence-corrected chi connectivity index (χ2v) is 9.18. The van der Waals surface area contributed by atoms with E-state index in [0.29, 0.717) is 6.07 Å². The maximum Gasteiger partial charge on any atom is 0.426 e. The van der Waals surface area contributed by atoms with E-state index >= 15 is 0 Å². The molecule has 222 valence electrons. The first kappa shape index (κ1) is 30.0. The number of methoxy groups -OCH3 is 1. The molecule has 0 radical (unpaired) electrons. The summed E-state index contributed by atoms with van der Waals surface area (Å²) in [7, 11) is 1.08. The number of alkyl halides is 6. The molecule has 1 aromatic carbocycles. The highest BCUT2D eigenvalue weighted by molar-refractivity contribution is 5.95. The Morgan fingerprint density at radius 3 is 2.41 bits per heavy atom. The monoisotopic (exact) mass is 595 g/mol. The Morgan fingerprint density at radius 1 is 1.07 bits per heavy atom. The highest BCUT2D eigenvalue weighted by atomic mass is 19.4. The Labute approximate surface area is 225 Å². The summed E-state index contributed by atoms with van der Waals surface area (Å²) in [5, 5.41) is 17.1. The normalized spacial score (nSPS) is 18.8. The van der Waals surface area contributed by atoms with Crippen LogP contribution in [0.3, 0.4) is 0 Å². The lowest BCUT2D eigenvalue weighted by Gasteiger charge is -2.28. The number of nitrogens with two attached hydrogens (primary N) is 1. The van der Waals surface area contributed by atoms with Crippen molar-refractivity contribution in [2.45, 2.75) is 50.2 Å². The topological polar surface area (TPSA) is 128 Å². The molecule has 4 rings (SSSR count). The highest BCUT2D eigenvalue weighted by Crippen LogP contribution is 2.44. The minimum atomic E-state index is -5.28. The summed E-state index contributed by atoms with van der Waals surface area (Å²) in [6.45, 7) is -1.13. The Bertz CT molecular complexity index is 1460. The summed E-state index contributed by atoms with van der Waals surface area (Å²) in [6, 6.07) is 2.42. The molecule has 3 N–H and O–H groups in total. The van der Waals surface area contributed by atoms with Gasteiger partial charge in [0, 0.05) is 18.7 Å². The van der Waals surface area contributed by atoms with Crippen LogP contribution < -0.4 is 10.5 Å². The van der Waals surface area contributed by atoms with E-state index in [0.717, 1.165) is 24.1 Å². The molecular formula is C24H21F8N5O4. The SMILES string of the molecule is COc1ccc(CN2CCCCCC(O)(C(F)(F)F)c3nnc(o3)-c3nc(c(C(F)(F)F)cc3N)C2=O)c(F)c1F. The number of fused-ring (bicyclic) bond motifs is 5. The van der Waals surface area contributed by atoms with Gasteiger partial charge in [-0.2, -0.15) is 30.7 Å². The Hall–Kier alpha value is -4.02. The molecule has 0 spiro atoms. The molecule has 0 aliphatic carbocycles. The van der Waals surface area contributed by atoms with Crippen LogP contribution in [0, 0.1) is 11.6 Å². The van der Waals surface area contributed by atoms with Crippen molar-refractivity contribution in [3.8, 4) is 17.3 Å². The average Bonchev–Trinajstić information content (AvgIpc) is 3.38. The minimum absolute atomic E-state index is 0.0742. The Morgan fingerprint density at radius 2 is 1.78 bits per heavy atom. The number of rotatable bonds is 3. The van der Waals surface area contributed by atoms with Gasteiger partial charge in [-0.05, 0) is 31.4 Å². The fourth-order valence-electron chi connectivity index (χ4n) is 4.25. The average molecular weight is 595 g/mol. The zero-order valence-electron chi connectivity index (χ0n) is 21.0. The molecule has 1 unspecified atom stereocenters. The molecule has 3 heterocycles. The van der Waals surface area contributed by atoms with Gasteiger partial charge in [0.25, 0.3) is 17.7 Å². The molecule has 2 aromatic heterocycles. The van der Waals surface area contributed by atoms with Crippen molar-refractivity contribution >= 4 is 11.6 Å². The number of carbonyl (C=O) groups excluding carboxylic acids is 1. The number of amides is 1. The van der Waals surface area contributed by atoms with Crippen LogP contribution in [-0.4, -0.2) is 50.9 Å². The second-order valence-electron chi connectivity index (χ2n) is 9.18. The number of anilines is 1. The van der Waals surface area contributed by atoms with E-state index in [1.54, 1.807) is 0 Å². The zero-order chi connectivity index (χ0) is 30.3. The fraction of sp³-hybridized carbons (Fsp3) is 0.417. The molecule has 9 nitrogen and oxygen atoms in total. The van der Waals surface area contributed by atoms with Crippen molar-refractivity contribution in [2.24, 2.45) is 0 Å². The van der Waals surface area contributed by atoms with Crippen LogP contribution in [0.15, 0.2) is 22.6 Å². The maximum absolute atomic E-state index is 14.7. The lowest BCUT2D eigenvalue weighted by Crippen LogP contribution is -2.42. The predicted molar refractivity (Wildman–Crippen MR) is 123 cm³/mol. The number of hydrogen-bond donors (Lipinski definition) is 2. The summed E-state index contributed by atoms with van der Waals surface area (Å²) in [6.07, 6.45) is -11.9. The van der Waals surface area contributed by atoms with E-state index in [1.807, 2.05) is 0 Å². The molecule has 17 heteroatoms. The van der Waals surface area contributed by atoms with Crippen LogP contribution in [0.4, 0.5) is 40.8 Å². The van der Waals surface area contributed by atoms with E-state index in [9.17, 15) is 45.0 Å². The molecule has 1 aliphatic heterocycles. The molecule has 4 bridgehead atoms. The van der Waals surface area contributed by atoms with Crippen molar-refractivity contribution in [1.29, 1.82) is 0 Å². The fourth-order valence-corrected chi connectivity index (χ4v) is 4.25. The van der Waals surface area contributed by atoms with Crippen LogP contribution >= 0.6 is 0 Å². The lowest BCUT2D eigenvalue weighted by molar-refractivity contribution is -0.277. The largest absolute Gasteiger partial charge is 0.494 e. The molecule has 3 aromatic rings. The number of nitrogens with zero attached hydrogens (tertiary/aromatic N) is 4. The van der Waals surface area contributed by atoms with Crippen LogP contribution in [0.1, 0.15) is 53.2 Å². The standard InChI is InChI=1S/C24H21F8N5O4/c1-40-14-6-5-11(15(25)16(14)26)10-37-8-4-2-3-7-22(39,24(30,31)32)21-36-35-19(41-21)18-13(33)9-12(23(27,28)29)17(34-18)20(37)38/h5-6,9,39H,2-4,7-8,10,33H2,1H3. The molecule has 0 saturated carbocycles. The van der Waals surface area contributed by atoms with E-state index in [-0.39, 0.29) is 19.3 Å². The van der Waals surface area contributed by atoms with Crippen molar-refractivity contribution < 1.29 is 54.2 Å². The minimum Gasteiger partial charge on any atom is -0.494 e. The van der Waals surface area contributed by atoms with Crippen molar-refractivity contribution in [3.05, 3.63) is 52.5 Å². The number of nitrogen functional groups attached to an aromatic ring is 1. The molecular weight excluding hydrogens is 574 g/mol. The Kier molecular flexibility index (Phi) is 7.86. The van der Waals surface area contributed by atoms with E-state index in [2.05, 4.69) is 19.9 Å². The van der Waals surface area contributed by atoms with E-state index in [1.165, 1.54) is 0 Å². The van der Waals surface area contributed by atoms with Gasteiger partial charge < -0.3 is 24.9 Å². The summed E-state index contributed by atoms with van der Waals surface area (Å²) in [5.74, 6) is -6.83. The number of benzene rings is 1. The van der Waals surface area contributed by atoms with Gasteiger partial charge in [-0.1, -0.05) is 12.5 Å². The van der Waals surface area contributed by atoms with Gasteiger partial charge in [-0.25, -0.2) is 9.37 Å². The van der Waals surface area contributed by atoms with Crippen LogP contribution in [0.5, 0.6) is 5.75 Å². The van der Waals surface area contributed by atoms with Gasteiger partial charge in [0.1, 0.15) is 5.69 Å². The molecule has 41 heavy (non-hydrogen) atoms. The van der Waals surface area contributed by atoms with Gasteiger partial charge in [0.05, 0.1) is 18.4 Å². The summed E-state index contributed by atoms with van der Waals surface area (Å²) >= 11 is 0. The number of pyridine rings is 1. The summed E-state index contributed by atoms with van der Waals surface area (Å²) < 4.78 is 122. The highest BCUT2D eigenvalue weighted by Gasteiger charge is 2.58. The lowest BCUT2D eigenvalue weighted by atomic mass is 9.95. The third kappa shape index (κ3) is 5.62. The molecule has 0 fully saturated rings. The first-order chi connectivity index (χ1) is 19.1. The summed E-state index contributed by atoms with van der Waals surface area (Å²) in [5.41, 5.74) is -2.73. The van der Waals surface area contributed by atoms with E-state index in [4.69, 9.17) is 10.2 Å². The van der Waals surface area contributed by atoms with Gasteiger partial charge in [-0.3, -0.25) is 4.79 Å². The van der Waals surface area contributed by atoms with Gasteiger partial charge >= 0.3 is 12.4 Å². The molecule has 1 aliphatic rings. The van der Waals surface area contributed by atoms with Crippen molar-refractivity contribution in [1.82, 2.24) is 20.1 Å². The smallest absolute Gasteiger partial charge is 0.426 e. The Balaban J connectivity index is 1.88. The number of carbonyl (C=O) groups is 1. The van der Waals surface area contributed by atoms with Gasteiger partial charge in [0.2, 0.25) is 11.4 Å². The van der Waals surface area contributed by atoms with Crippen LogP contribution in [0.25, 0.3) is 11.6 Å². The third-order valence-electron chi connectivity index (χ3n) is 6.47. The molecule has 1 amide bonds. The van der Waals surface area contributed by atoms with E-state index < -0.39 is 101 Å². The van der Waals surface area contributed by atoms with Gasteiger partial charge in [-0.15, -0.1) is 10.2 Å². The number of hydrogen-bond acceptors (Lipinski definition) is 8. The third-order valence-corrected chi connectivity index (χ3v) is 6.47. The number of halogens is 8. The zero-order valence-corrected chi connectivity index (χ0v) is 21.0. The van der Waals surface area contributed by atoms with Gasteiger partial charge in [0.15, 0.2) is 17.3 Å². The summed E-state index contributed by atoms with van der Waals surface area (Å²) in [4.78, 5) is 17.9. The number of ether oxygens (including phenoxy) is 1. The van der Waals surface area contributed by atoms with Crippen molar-refractivity contribution in [2.75, 3.05) is 19.4 Å². The maximum atomic E-state index is 14.7. The van der Waals surface area contributed by atoms with Crippen molar-refractivity contribution in [3.63, 3.8) is 0 Å².